The van der Waals surface area contributed by atoms with Crippen LogP contribution in [0.4, 0.5) is 0 Å². The minimum Gasteiger partial charge on any atom is -0.480 e. The Morgan fingerprint density at radius 1 is 1.55 bits per heavy atom. The molecular weight excluding hydrogens is 260 g/mol. The van der Waals surface area contributed by atoms with Gasteiger partial charge in [-0.05, 0) is 31.6 Å². The molecule has 0 saturated heterocycles. The van der Waals surface area contributed by atoms with E-state index in [9.17, 15) is 9.59 Å². The lowest BCUT2D eigenvalue weighted by Gasteiger charge is -2.36. The Labute approximate surface area is 120 Å². The normalized spacial score (nSPS) is 27.9. The number of hydrogen-bond acceptors (Lipinski definition) is 4. The SMILES string of the molecule is COCCCC(NC(=O)C1(N)CCCC(C)C1)C(=O)O. The van der Waals surface area contributed by atoms with Crippen molar-refractivity contribution in [2.24, 2.45) is 11.7 Å². The fraction of sp³-hybridized carbons (Fsp3) is 0.857. The highest BCUT2D eigenvalue weighted by atomic mass is 16.5. The van der Waals surface area contributed by atoms with Crippen LogP contribution in [0.3, 0.4) is 0 Å². The van der Waals surface area contributed by atoms with Crippen LogP contribution in [0.25, 0.3) is 0 Å². The lowest BCUT2D eigenvalue weighted by Crippen LogP contribution is -2.59. The number of carboxylic acids is 1. The van der Waals surface area contributed by atoms with Gasteiger partial charge in [-0.25, -0.2) is 4.79 Å². The Balaban J connectivity index is 2.58. The molecule has 1 aliphatic rings. The Kier molecular flexibility index (Phi) is 6.42. The van der Waals surface area contributed by atoms with E-state index in [1.54, 1.807) is 7.11 Å². The van der Waals surface area contributed by atoms with Crippen molar-refractivity contribution in [2.45, 2.75) is 57.0 Å². The van der Waals surface area contributed by atoms with E-state index in [4.69, 9.17) is 15.6 Å². The van der Waals surface area contributed by atoms with Gasteiger partial charge in [-0.3, -0.25) is 4.79 Å². The first-order valence-corrected chi connectivity index (χ1v) is 7.20. The van der Waals surface area contributed by atoms with Crippen molar-refractivity contribution in [1.82, 2.24) is 5.32 Å². The second kappa shape index (κ2) is 7.59. The molecule has 3 unspecified atom stereocenters. The molecule has 3 atom stereocenters. The maximum atomic E-state index is 12.3. The van der Waals surface area contributed by atoms with Crippen LogP contribution in [-0.2, 0) is 14.3 Å². The maximum Gasteiger partial charge on any atom is 0.326 e. The van der Waals surface area contributed by atoms with Gasteiger partial charge in [-0.2, -0.15) is 0 Å². The summed E-state index contributed by atoms with van der Waals surface area (Å²) in [5, 5.41) is 11.7. The first kappa shape index (κ1) is 16.9. The molecule has 0 bridgehead atoms. The molecule has 6 nitrogen and oxygen atoms in total. The van der Waals surface area contributed by atoms with Crippen molar-refractivity contribution in [2.75, 3.05) is 13.7 Å². The number of hydrogen-bond donors (Lipinski definition) is 3. The van der Waals surface area contributed by atoms with Crippen LogP contribution < -0.4 is 11.1 Å². The topological polar surface area (TPSA) is 102 Å². The van der Waals surface area contributed by atoms with Crippen molar-refractivity contribution in [1.29, 1.82) is 0 Å². The molecule has 0 spiro atoms. The Hall–Kier alpha value is -1.14. The molecule has 0 aromatic heterocycles. The van der Waals surface area contributed by atoms with Gasteiger partial charge in [0.15, 0.2) is 0 Å². The summed E-state index contributed by atoms with van der Waals surface area (Å²) in [4.78, 5) is 23.5. The van der Waals surface area contributed by atoms with Crippen LogP contribution in [0.2, 0.25) is 0 Å². The van der Waals surface area contributed by atoms with Crippen molar-refractivity contribution < 1.29 is 19.4 Å². The van der Waals surface area contributed by atoms with E-state index in [1.807, 2.05) is 0 Å². The van der Waals surface area contributed by atoms with Crippen LogP contribution in [0.1, 0.15) is 45.4 Å². The van der Waals surface area contributed by atoms with E-state index in [0.29, 0.717) is 38.2 Å². The zero-order chi connectivity index (χ0) is 15.2. The Morgan fingerprint density at radius 2 is 2.25 bits per heavy atom. The molecule has 0 aliphatic heterocycles. The molecule has 1 saturated carbocycles. The van der Waals surface area contributed by atoms with Crippen LogP contribution in [-0.4, -0.2) is 42.3 Å². The van der Waals surface area contributed by atoms with Gasteiger partial charge < -0.3 is 20.9 Å². The number of methoxy groups -OCH3 is 1. The monoisotopic (exact) mass is 286 g/mol. The summed E-state index contributed by atoms with van der Waals surface area (Å²) in [6.45, 7) is 2.55. The van der Waals surface area contributed by atoms with E-state index < -0.39 is 17.6 Å². The highest BCUT2D eigenvalue weighted by molar-refractivity contribution is 5.90. The van der Waals surface area contributed by atoms with Crippen molar-refractivity contribution >= 4 is 11.9 Å². The molecule has 6 heteroatoms. The second-order valence-electron chi connectivity index (χ2n) is 5.86. The number of ether oxygens (including phenoxy) is 1. The van der Waals surface area contributed by atoms with Gasteiger partial charge in [0.1, 0.15) is 6.04 Å². The average Bonchev–Trinajstić information content (AvgIpc) is 2.37. The summed E-state index contributed by atoms with van der Waals surface area (Å²) in [5.41, 5.74) is 5.24. The molecule has 116 valence electrons. The zero-order valence-corrected chi connectivity index (χ0v) is 12.4. The minimum atomic E-state index is -1.03. The molecule has 0 aromatic rings. The lowest BCUT2D eigenvalue weighted by molar-refractivity contribution is -0.143. The molecule has 1 aliphatic carbocycles. The third kappa shape index (κ3) is 4.76. The zero-order valence-electron chi connectivity index (χ0n) is 12.4. The molecular formula is C14H26N2O4. The number of rotatable bonds is 7. The van der Waals surface area contributed by atoms with Crippen molar-refractivity contribution in [3.8, 4) is 0 Å². The second-order valence-corrected chi connectivity index (χ2v) is 5.86. The molecule has 20 heavy (non-hydrogen) atoms. The van der Waals surface area contributed by atoms with Crippen molar-refractivity contribution in [3.63, 3.8) is 0 Å². The average molecular weight is 286 g/mol. The van der Waals surface area contributed by atoms with Crippen LogP contribution >= 0.6 is 0 Å². The smallest absolute Gasteiger partial charge is 0.326 e. The van der Waals surface area contributed by atoms with Crippen molar-refractivity contribution in [3.05, 3.63) is 0 Å². The van der Waals surface area contributed by atoms with Crippen LogP contribution in [0.15, 0.2) is 0 Å². The van der Waals surface area contributed by atoms with Crippen LogP contribution in [0.5, 0.6) is 0 Å². The molecule has 1 rings (SSSR count). The molecule has 1 fully saturated rings. The summed E-state index contributed by atoms with van der Waals surface area (Å²) >= 11 is 0. The fourth-order valence-corrected chi connectivity index (χ4v) is 2.79. The minimum absolute atomic E-state index is 0.339. The highest BCUT2D eigenvalue weighted by Crippen LogP contribution is 2.30. The molecule has 0 radical (unpaired) electrons. The van der Waals surface area contributed by atoms with E-state index >= 15 is 0 Å². The van der Waals surface area contributed by atoms with E-state index in [0.717, 1.165) is 12.8 Å². The van der Waals surface area contributed by atoms with Gasteiger partial charge in [-0.15, -0.1) is 0 Å². The van der Waals surface area contributed by atoms with Gasteiger partial charge in [-0.1, -0.05) is 19.8 Å². The Morgan fingerprint density at radius 3 is 2.80 bits per heavy atom. The number of amides is 1. The molecule has 0 heterocycles. The Bertz CT molecular complexity index is 348. The van der Waals surface area contributed by atoms with Gasteiger partial charge in [0, 0.05) is 13.7 Å². The van der Waals surface area contributed by atoms with Gasteiger partial charge in [0.2, 0.25) is 5.91 Å². The van der Waals surface area contributed by atoms with E-state index in [2.05, 4.69) is 12.2 Å². The standard InChI is InChI=1S/C14H26N2O4/c1-10-5-3-7-14(15,9-10)13(19)16-11(12(17)18)6-4-8-20-2/h10-11H,3-9,15H2,1-2H3,(H,16,19)(H,17,18). The van der Waals surface area contributed by atoms with E-state index in [-0.39, 0.29) is 5.91 Å². The first-order valence-electron chi connectivity index (χ1n) is 7.20. The summed E-state index contributed by atoms with van der Waals surface area (Å²) in [6.07, 6.45) is 4.15. The molecule has 1 amide bonds. The summed E-state index contributed by atoms with van der Waals surface area (Å²) in [5.74, 6) is -0.966. The molecule has 0 aromatic carbocycles. The molecule has 4 N–H and O–H groups in total. The van der Waals surface area contributed by atoms with Gasteiger partial charge >= 0.3 is 5.97 Å². The predicted molar refractivity (Wildman–Crippen MR) is 75.2 cm³/mol. The van der Waals surface area contributed by atoms with Gasteiger partial charge in [0.05, 0.1) is 5.54 Å². The number of nitrogens with two attached hydrogens (primary N) is 1. The third-order valence-corrected chi connectivity index (χ3v) is 3.93. The van der Waals surface area contributed by atoms with Crippen LogP contribution in [0, 0.1) is 5.92 Å². The maximum absolute atomic E-state index is 12.3. The number of aliphatic carboxylic acids is 1. The summed E-state index contributed by atoms with van der Waals surface area (Å²) in [6, 6.07) is -0.893. The fourth-order valence-electron chi connectivity index (χ4n) is 2.79. The first-order chi connectivity index (χ1) is 9.39. The quantitative estimate of drug-likeness (QED) is 0.603. The highest BCUT2D eigenvalue weighted by Gasteiger charge is 2.39. The number of nitrogens with one attached hydrogen (secondary N) is 1. The number of carbonyl (C=O) groups excluding carboxylic acids is 1. The number of carbonyl (C=O) groups is 2. The largest absolute Gasteiger partial charge is 0.480 e. The summed E-state index contributed by atoms with van der Waals surface area (Å²) in [7, 11) is 1.56. The number of carboxylic acid groups (broad SMARTS) is 1. The summed E-state index contributed by atoms with van der Waals surface area (Å²) < 4.78 is 4.90. The van der Waals surface area contributed by atoms with E-state index in [1.165, 1.54) is 0 Å². The lowest BCUT2D eigenvalue weighted by atomic mass is 9.76. The third-order valence-electron chi connectivity index (χ3n) is 3.93. The predicted octanol–water partition coefficient (Wildman–Crippen LogP) is 0.890. The van der Waals surface area contributed by atoms with Gasteiger partial charge in [0.25, 0.3) is 0 Å².